The third-order valence-corrected chi connectivity index (χ3v) is 4.12. The number of H-pyrrole nitrogens is 1. The second-order valence-corrected chi connectivity index (χ2v) is 6.04. The van der Waals surface area contributed by atoms with Gasteiger partial charge in [-0.3, -0.25) is 4.79 Å². The van der Waals surface area contributed by atoms with E-state index in [4.69, 9.17) is 11.6 Å². The quantitative estimate of drug-likeness (QED) is 0.714. The maximum absolute atomic E-state index is 13.5. The number of carbonyl (C=O) groups is 1. The summed E-state index contributed by atoms with van der Waals surface area (Å²) in [4.78, 5) is 15.5. The predicted molar refractivity (Wildman–Crippen MR) is 91.5 cm³/mol. The summed E-state index contributed by atoms with van der Waals surface area (Å²) in [6, 6.07) is 9.84. The summed E-state index contributed by atoms with van der Waals surface area (Å²) in [5.41, 5.74) is 4.13. The Morgan fingerprint density at radius 2 is 2.00 bits per heavy atom. The van der Waals surface area contributed by atoms with Crippen molar-refractivity contribution in [1.82, 2.24) is 4.98 Å². The minimum absolute atomic E-state index is 0.149. The molecular weight excluding hydrogens is 315 g/mol. The van der Waals surface area contributed by atoms with Gasteiger partial charge in [0.15, 0.2) is 0 Å². The highest BCUT2D eigenvalue weighted by Crippen LogP contribution is 2.25. The topological polar surface area (TPSA) is 44.9 Å². The Labute approximate surface area is 138 Å². The molecule has 0 radical (unpaired) electrons. The van der Waals surface area contributed by atoms with Crippen molar-refractivity contribution >= 4 is 34.1 Å². The molecule has 0 fully saturated rings. The monoisotopic (exact) mass is 330 g/mol. The number of aryl methyl sites for hydroxylation is 2. The molecule has 0 atom stereocenters. The van der Waals surface area contributed by atoms with E-state index in [9.17, 15) is 9.18 Å². The molecule has 0 saturated heterocycles. The van der Waals surface area contributed by atoms with Crippen LogP contribution in [0.3, 0.4) is 0 Å². The van der Waals surface area contributed by atoms with Gasteiger partial charge in [0.1, 0.15) is 5.82 Å². The number of aromatic nitrogens is 1. The fraction of sp³-hybridized carbons (Fsp3) is 0.167. The van der Waals surface area contributed by atoms with Crippen LogP contribution in [0.15, 0.2) is 36.4 Å². The first-order valence-electron chi connectivity index (χ1n) is 7.27. The standard InChI is InChI=1S/C18H16ClFN2O/c1-10-7-12(19)3-5-16(10)22-18(23)9-14-11(2)21-17-6-4-13(20)8-15(14)17/h3-8,21H,9H2,1-2H3,(H,22,23). The van der Waals surface area contributed by atoms with Gasteiger partial charge in [0.2, 0.25) is 5.91 Å². The van der Waals surface area contributed by atoms with Gasteiger partial charge in [-0.05, 0) is 61.4 Å². The van der Waals surface area contributed by atoms with E-state index < -0.39 is 0 Å². The van der Waals surface area contributed by atoms with Crippen molar-refractivity contribution in [3.63, 3.8) is 0 Å². The van der Waals surface area contributed by atoms with Crippen LogP contribution < -0.4 is 5.32 Å². The van der Waals surface area contributed by atoms with Gasteiger partial charge in [-0.2, -0.15) is 0 Å². The third kappa shape index (κ3) is 3.22. The Morgan fingerprint density at radius 3 is 2.74 bits per heavy atom. The molecule has 3 nitrogen and oxygen atoms in total. The van der Waals surface area contributed by atoms with Crippen LogP contribution in [-0.2, 0) is 11.2 Å². The Bertz CT molecular complexity index is 901. The second kappa shape index (κ2) is 6.05. The number of amides is 1. The molecule has 0 aliphatic rings. The van der Waals surface area contributed by atoms with Crippen molar-refractivity contribution in [1.29, 1.82) is 0 Å². The molecule has 0 saturated carbocycles. The van der Waals surface area contributed by atoms with Crippen molar-refractivity contribution in [2.75, 3.05) is 5.32 Å². The lowest BCUT2D eigenvalue weighted by Gasteiger charge is -2.09. The number of hydrogen-bond acceptors (Lipinski definition) is 1. The van der Waals surface area contributed by atoms with Crippen molar-refractivity contribution in [2.45, 2.75) is 20.3 Å². The van der Waals surface area contributed by atoms with Crippen LogP contribution in [0.4, 0.5) is 10.1 Å². The van der Waals surface area contributed by atoms with Crippen molar-refractivity contribution < 1.29 is 9.18 Å². The van der Waals surface area contributed by atoms with Crippen LogP contribution in [0.25, 0.3) is 10.9 Å². The molecule has 3 rings (SSSR count). The van der Waals surface area contributed by atoms with Gasteiger partial charge in [0.05, 0.1) is 6.42 Å². The number of hydrogen-bond donors (Lipinski definition) is 2. The Balaban J connectivity index is 1.85. The minimum Gasteiger partial charge on any atom is -0.358 e. The summed E-state index contributed by atoms with van der Waals surface area (Å²) in [5.74, 6) is -0.463. The van der Waals surface area contributed by atoms with Gasteiger partial charge in [0.25, 0.3) is 0 Å². The maximum Gasteiger partial charge on any atom is 0.228 e. The highest BCUT2D eigenvalue weighted by Gasteiger charge is 2.14. The summed E-state index contributed by atoms with van der Waals surface area (Å²) in [6.07, 6.45) is 0.178. The van der Waals surface area contributed by atoms with E-state index in [2.05, 4.69) is 10.3 Å². The number of aromatic amines is 1. The van der Waals surface area contributed by atoms with Crippen molar-refractivity contribution in [3.05, 3.63) is 64.1 Å². The fourth-order valence-corrected chi connectivity index (χ4v) is 2.93. The van der Waals surface area contributed by atoms with Crippen molar-refractivity contribution in [3.8, 4) is 0 Å². The molecule has 1 aromatic heterocycles. The molecule has 2 aromatic carbocycles. The average molecular weight is 331 g/mol. The molecule has 5 heteroatoms. The molecule has 1 heterocycles. The zero-order valence-corrected chi connectivity index (χ0v) is 13.6. The van der Waals surface area contributed by atoms with Gasteiger partial charge in [0, 0.05) is 27.3 Å². The summed E-state index contributed by atoms with van der Waals surface area (Å²) >= 11 is 5.92. The Morgan fingerprint density at radius 1 is 1.22 bits per heavy atom. The first-order chi connectivity index (χ1) is 10.9. The van der Waals surface area contributed by atoms with Crippen LogP contribution >= 0.6 is 11.6 Å². The van der Waals surface area contributed by atoms with Crippen LogP contribution in [0, 0.1) is 19.7 Å². The van der Waals surface area contributed by atoms with E-state index in [-0.39, 0.29) is 18.1 Å². The Kier molecular flexibility index (Phi) is 4.09. The number of carbonyl (C=O) groups excluding carboxylic acids is 1. The number of nitrogens with one attached hydrogen (secondary N) is 2. The van der Waals surface area contributed by atoms with E-state index in [0.29, 0.717) is 5.02 Å². The zero-order valence-electron chi connectivity index (χ0n) is 12.8. The van der Waals surface area contributed by atoms with E-state index in [1.54, 1.807) is 24.3 Å². The summed E-state index contributed by atoms with van der Waals surface area (Å²) in [5, 5.41) is 4.25. The number of fused-ring (bicyclic) bond motifs is 1. The first kappa shape index (κ1) is 15.6. The molecule has 3 aromatic rings. The van der Waals surface area contributed by atoms with Crippen LogP contribution in [-0.4, -0.2) is 10.9 Å². The summed E-state index contributed by atoms with van der Waals surface area (Å²) < 4.78 is 13.5. The van der Waals surface area contributed by atoms with Gasteiger partial charge in [-0.25, -0.2) is 4.39 Å². The van der Waals surface area contributed by atoms with Crippen LogP contribution in [0.2, 0.25) is 5.02 Å². The van der Waals surface area contributed by atoms with Crippen molar-refractivity contribution in [2.24, 2.45) is 0 Å². The van der Waals surface area contributed by atoms with E-state index in [0.717, 1.165) is 33.4 Å². The molecule has 1 amide bonds. The summed E-state index contributed by atoms with van der Waals surface area (Å²) in [7, 11) is 0. The highest BCUT2D eigenvalue weighted by atomic mass is 35.5. The van der Waals surface area contributed by atoms with Crippen LogP contribution in [0.5, 0.6) is 0 Å². The zero-order chi connectivity index (χ0) is 16.6. The molecule has 2 N–H and O–H groups in total. The third-order valence-electron chi connectivity index (χ3n) is 3.88. The lowest BCUT2D eigenvalue weighted by atomic mass is 10.1. The fourth-order valence-electron chi connectivity index (χ4n) is 2.70. The van der Waals surface area contributed by atoms with E-state index in [1.807, 2.05) is 13.8 Å². The molecular formula is C18H16ClFN2O. The Hall–Kier alpha value is -2.33. The second-order valence-electron chi connectivity index (χ2n) is 5.60. The van der Waals surface area contributed by atoms with Gasteiger partial charge in [-0.15, -0.1) is 0 Å². The first-order valence-corrected chi connectivity index (χ1v) is 7.64. The number of halogens is 2. The lowest BCUT2D eigenvalue weighted by Crippen LogP contribution is -2.15. The molecule has 0 unspecified atom stereocenters. The highest BCUT2D eigenvalue weighted by molar-refractivity contribution is 6.30. The van der Waals surface area contributed by atoms with E-state index >= 15 is 0 Å². The lowest BCUT2D eigenvalue weighted by molar-refractivity contribution is -0.115. The van der Waals surface area contributed by atoms with E-state index in [1.165, 1.54) is 12.1 Å². The number of anilines is 1. The van der Waals surface area contributed by atoms with Gasteiger partial charge >= 0.3 is 0 Å². The van der Waals surface area contributed by atoms with Gasteiger partial charge in [-0.1, -0.05) is 11.6 Å². The molecule has 118 valence electrons. The minimum atomic E-state index is -0.313. The molecule has 0 aliphatic carbocycles. The summed E-state index contributed by atoms with van der Waals surface area (Å²) in [6.45, 7) is 3.77. The molecule has 0 spiro atoms. The molecule has 23 heavy (non-hydrogen) atoms. The average Bonchev–Trinajstić information content (AvgIpc) is 2.78. The number of rotatable bonds is 3. The predicted octanol–water partition coefficient (Wildman–Crippen LogP) is 4.76. The molecule has 0 aliphatic heterocycles. The van der Waals surface area contributed by atoms with Crippen LogP contribution in [0.1, 0.15) is 16.8 Å². The largest absolute Gasteiger partial charge is 0.358 e. The van der Waals surface area contributed by atoms with Gasteiger partial charge < -0.3 is 10.3 Å². The smallest absolute Gasteiger partial charge is 0.228 e. The SMILES string of the molecule is Cc1cc(Cl)ccc1NC(=O)Cc1c(C)[nH]c2ccc(F)cc12. The normalized spacial score (nSPS) is 11.0. The number of benzene rings is 2. The maximum atomic E-state index is 13.5. The molecule has 0 bridgehead atoms.